The van der Waals surface area contributed by atoms with E-state index in [0.29, 0.717) is 17.5 Å². The number of non-ortho nitro benzene ring substituents is 1. The molecule has 5 rings (SSSR count). The fraction of sp³-hybridized carbons (Fsp3) is 0.0333. The number of aromatic nitrogens is 3. The van der Waals surface area contributed by atoms with E-state index in [0.717, 1.165) is 17.4 Å². The largest absolute Gasteiger partial charge is 0.493 e. The number of esters is 1. The van der Waals surface area contributed by atoms with Gasteiger partial charge in [-0.25, -0.2) is 10.2 Å². The Kier molecular flexibility index (Phi) is 8.73. The number of hydrazone groups is 1. The minimum atomic E-state index is -0.764. The van der Waals surface area contributed by atoms with Crippen LogP contribution < -0.4 is 25.5 Å². The van der Waals surface area contributed by atoms with E-state index in [2.05, 4.69) is 36.1 Å². The third-order valence-corrected chi connectivity index (χ3v) is 5.76. The van der Waals surface area contributed by atoms with Crippen LogP contribution in [0.25, 0.3) is 0 Å². The molecule has 0 amide bonds. The van der Waals surface area contributed by atoms with Crippen molar-refractivity contribution in [1.82, 2.24) is 15.0 Å². The quantitative estimate of drug-likeness (QED) is 0.0560. The van der Waals surface area contributed by atoms with E-state index in [1.165, 1.54) is 37.6 Å². The smallest absolute Gasteiger partial charge is 0.343 e. The lowest BCUT2D eigenvalue weighted by Crippen LogP contribution is -2.10. The number of anilines is 5. The number of methoxy groups -OCH3 is 1. The van der Waals surface area contributed by atoms with E-state index < -0.39 is 10.9 Å². The molecule has 0 bridgehead atoms. The Bertz CT molecular complexity index is 1710. The number of nitro groups is 1. The Morgan fingerprint density at radius 1 is 0.791 bits per heavy atom. The Labute approximate surface area is 245 Å². The molecule has 0 saturated carbocycles. The SMILES string of the molecule is COc1cc(/C=N\Nc2nc(Nc3ccccc3)nc(Nc3ccccc3)n2)ccc1OC(=O)c1cccc([N+](=O)[O-])c1. The lowest BCUT2D eigenvalue weighted by atomic mass is 10.2. The summed E-state index contributed by atoms with van der Waals surface area (Å²) in [6, 6.07) is 29.0. The van der Waals surface area contributed by atoms with Crippen molar-refractivity contribution in [2.75, 3.05) is 23.2 Å². The molecule has 43 heavy (non-hydrogen) atoms. The number of ether oxygens (including phenoxy) is 2. The van der Waals surface area contributed by atoms with Gasteiger partial charge in [-0.15, -0.1) is 0 Å². The maximum atomic E-state index is 12.6. The number of rotatable bonds is 11. The van der Waals surface area contributed by atoms with Crippen LogP contribution >= 0.6 is 0 Å². The van der Waals surface area contributed by atoms with Gasteiger partial charge in [0.25, 0.3) is 5.69 Å². The molecule has 0 fully saturated rings. The summed E-state index contributed by atoms with van der Waals surface area (Å²) in [5.74, 6) is 0.404. The number of nitro benzene ring substituents is 1. The van der Waals surface area contributed by atoms with Crippen molar-refractivity contribution in [3.05, 3.63) is 124 Å². The van der Waals surface area contributed by atoms with E-state index in [9.17, 15) is 14.9 Å². The summed E-state index contributed by atoms with van der Waals surface area (Å²) in [6.07, 6.45) is 1.51. The van der Waals surface area contributed by atoms with Crippen LogP contribution in [0.1, 0.15) is 15.9 Å². The van der Waals surface area contributed by atoms with Gasteiger partial charge in [0.05, 0.1) is 23.8 Å². The van der Waals surface area contributed by atoms with E-state index in [-0.39, 0.29) is 28.7 Å². The van der Waals surface area contributed by atoms with Crippen LogP contribution in [0.15, 0.2) is 108 Å². The highest BCUT2D eigenvalue weighted by atomic mass is 16.6. The van der Waals surface area contributed by atoms with Gasteiger partial charge in [0, 0.05) is 23.5 Å². The van der Waals surface area contributed by atoms with Crippen LogP contribution in [0, 0.1) is 10.1 Å². The van der Waals surface area contributed by atoms with Gasteiger partial charge in [0.2, 0.25) is 17.8 Å². The zero-order valence-corrected chi connectivity index (χ0v) is 22.7. The molecule has 0 aliphatic heterocycles. The Morgan fingerprint density at radius 3 is 2.02 bits per heavy atom. The van der Waals surface area contributed by atoms with Crippen molar-refractivity contribution in [2.24, 2.45) is 5.10 Å². The van der Waals surface area contributed by atoms with E-state index >= 15 is 0 Å². The molecular weight excluding hydrogens is 552 g/mol. The second-order valence-electron chi connectivity index (χ2n) is 8.77. The number of benzene rings is 4. The third kappa shape index (κ3) is 7.64. The second-order valence-corrected chi connectivity index (χ2v) is 8.77. The van der Waals surface area contributed by atoms with Gasteiger partial charge in [-0.1, -0.05) is 42.5 Å². The molecule has 5 aromatic rings. The van der Waals surface area contributed by atoms with Gasteiger partial charge in [0.1, 0.15) is 0 Å². The van der Waals surface area contributed by atoms with Gasteiger partial charge in [-0.2, -0.15) is 20.1 Å². The van der Waals surface area contributed by atoms with Crippen molar-refractivity contribution < 1.29 is 19.2 Å². The van der Waals surface area contributed by atoms with Gasteiger partial charge >= 0.3 is 5.97 Å². The van der Waals surface area contributed by atoms with Gasteiger partial charge in [0.15, 0.2) is 11.5 Å². The van der Waals surface area contributed by atoms with Crippen LogP contribution in [-0.2, 0) is 0 Å². The number of carbonyl (C=O) groups is 1. The van der Waals surface area contributed by atoms with E-state index in [4.69, 9.17) is 9.47 Å². The van der Waals surface area contributed by atoms with Gasteiger partial charge < -0.3 is 20.1 Å². The highest BCUT2D eigenvalue weighted by Crippen LogP contribution is 2.29. The summed E-state index contributed by atoms with van der Waals surface area (Å²) in [5, 5.41) is 21.6. The standard InChI is InChI=1S/C30H24N8O5/c1-42-26-17-20(15-16-25(26)43-27(39)21-9-8-14-24(18-21)38(40)41)19-31-37-30-35-28(32-22-10-4-2-5-11-22)34-29(36-30)33-23-12-6-3-7-13-23/h2-19H,1H3,(H3,32,33,34,35,36,37)/b31-19-. The first-order valence-electron chi connectivity index (χ1n) is 12.8. The number of nitrogens with zero attached hydrogens (tertiary/aromatic N) is 5. The summed E-state index contributed by atoms with van der Waals surface area (Å²) >= 11 is 0. The molecule has 0 radical (unpaired) electrons. The fourth-order valence-electron chi connectivity index (χ4n) is 3.76. The van der Waals surface area contributed by atoms with Crippen LogP contribution in [0.2, 0.25) is 0 Å². The second kappa shape index (κ2) is 13.3. The summed E-state index contributed by atoms with van der Waals surface area (Å²) in [6.45, 7) is 0. The molecule has 0 aliphatic rings. The van der Waals surface area contributed by atoms with Gasteiger partial charge in [-0.05, 0) is 54.1 Å². The zero-order chi connectivity index (χ0) is 30.0. The van der Waals surface area contributed by atoms with Crippen molar-refractivity contribution in [3.63, 3.8) is 0 Å². The first-order chi connectivity index (χ1) is 21.0. The van der Waals surface area contributed by atoms with Gasteiger partial charge in [-0.3, -0.25) is 10.1 Å². The fourth-order valence-corrected chi connectivity index (χ4v) is 3.76. The molecule has 0 spiro atoms. The highest BCUT2D eigenvalue weighted by Gasteiger charge is 2.16. The zero-order valence-electron chi connectivity index (χ0n) is 22.7. The molecule has 0 atom stereocenters. The van der Waals surface area contributed by atoms with Crippen molar-refractivity contribution in [2.45, 2.75) is 0 Å². The first-order valence-corrected chi connectivity index (χ1v) is 12.8. The Morgan fingerprint density at radius 2 is 1.42 bits per heavy atom. The lowest BCUT2D eigenvalue weighted by molar-refractivity contribution is -0.384. The van der Waals surface area contributed by atoms with E-state index in [1.54, 1.807) is 12.1 Å². The van der Waals surface area contributed by atoms with Crippen LogP contribution in [0.4, 0.5) is 34.9 Å². The molecule has 0 saturated heterocycles. The predicted molar refractivity (Wildman–Crippen MR) is 162 cm³/mol. The molecule has 1 heterocycles. The Balaban J connectivity index is 1.31. The summed E-state index contributed by atoms with van der Waals surface area (Å²) in [4.78, 5) is 36.3. The minimum Gasteiger partial charge on any atom is -0.493 e. The summed E-state index contributed by atoms with van der Waals surface area (Å²) in [5.41, 5.74) is 4.83. The number of hydrogen-bond donors (Lipinski definition) is 3. The average Bonchev–Trinajstić information content (AvgIpc) is 3.02. The normalized spacial score (nSPS) is 10.6. The van der Waals surface area contributed by atoms with Crippen molar-refractivity contribution >= 4 is 47.1 Å². The third-order valence-electron chi connectivity index (χ3n) is 5.76. The maximum absolute atomic E-state index is 12.6. The minimum absolute atomic E-state index is 0.0330. The topological polar surface area (TPSA) is 166 Å². The van der Waals surface area contributed by atoms with Crippen LogP contribution in [0.3, 0.4) is 0 Å². The molecule has 1 aromatic heterocycles. The van der Waals surface area contributed by atoms with E-state index in [1.807, 2.05) is 60.7 Å². The lowest BCUT2D eigenvalue weighted by Gasteiger charge is -2.10. The molecular formula is C30H24N8O5. The van der Waals surface area contributed by atoms with Crippen molar-refractivity contribution in [1.29, 1.82) is 0 Å². The summed E-state index contributed by atoms with van der Waals surface area (Å²) < 4.78 is 10.8. The molecule has 214 valence electrons. The van der Waals surface area contributed by atoms with Crippen LogP contribution in [-0.4, -0.2) is 39.2 Å². The number of para-hydroxylation sites is 2. The van der Waals surface area contributed by atoms with Crippen LogP contribution in [0.5, 0.6) is 11.5 Å². The van der Waals surface area contributed by atoms with Crippen molar-refractivity contribution in [3.8, 4) is 11.5 Å². The average molecular weight is 577 g/mol. The number of hydrogen-bond acceptors (Lipinski definition) is 12. The molecule has 3 N–H and O–H groups in total. The highest BCUT2D eigenvalue weighted by molar-refractivity contribution is 5.92. The first kappa shape index (κ1) is 28.2. The number of nitrogens with one attached hydrogen (secondary N) is 3. The molecule has 4 aromatic carbocycles. The molecule has 0 aliphatic carbocycles. The molecule has 13 heteroatoms. The summed E-state index contributed by atoms with van der Waals surface area (Å²) in [7, 11) is 1.42. The molecule has 0 unspecified atom stereocenters. The predicted octanol–water partition coefficient (Wildman–Crippen LogP) is 5.94. The maximum Gasteiger partial charge on any atom is 0.343 e. The number of carbonyl (C=O) groups excluding carboxylic acids is 1. The monoisotopic (exact) mass is 576 g/mol. The molecule has 13 nitrogen and oxygen atoms in total. The Hall–Kier alpha value is -6.37.